The van der Waals surface area contributed by atoms with Crippen LogP contribution in [0, 0.1) is 17.9 Å². The van der Waals surface area contributed by atoms with Crippen LogP contribution in [0.5, 0.6) is 0 Å². The molecule has 0 bridgehead atoms. The van der Waals surface area contributed by atoms with Gasteiger partial charge in [-0.2, -0.15) is 5.26 Å². The van der Waals surface area contributed by atoms with Crippen LogP contribution in [0.1, 0.15) is 5.56 Å². The molecular formula is C58H32N4O2S. The minimum Gasteiger partial charge on any atom is -0.454 e. The Kier molecular flexibility index (Phi) is 8.10. The van der Waals surface area contributed by atoms with E-state index in [9.17, 15) is 5.26 Å². The number of anilines is 6. The molecule has 7 heteroatoms. The third-order valence-electron chi connectivity index (χ3n) is 12.6. The van der Waals surface area contributed by atoms with Crippen molar-refractivity contribution < 1.29 is 8.83 Å². The Morgan fingerprint density at radius 1 is 0.431 bits per heavy atom. The Hall–Kier alpha value is -8.88. The Balaban J connectivity index is 0.969. The van der Waals surface area contributed by atoms with E-state index < -0.39 is 0 Å². The maximum atomic E-state index is 9.66. The Morgan fingerprint density at radius 2 is 0.892 bits per heavy atom. The number of hydrogen-bond acceptors (Lipinski definition) is 6. The maximum Gasteiger partial charge on any atom is 0.187 e. The van der Waals surface area contributed by atoms with Gasteiger partial charge in [0, 0.05) is 64.5 Å². The third kappa shape index (κ3) is 5.85. The quantitative estimate of drug-likeness (QED) is 0.156. The van der Waals surface area contributed by atoms with Gasteiger partial charge in [0.1, 0.15) is 11.2 Å². The molecular weight excluding hydrogens is 817 g/mol. The second kappa shape index (κ2) is 14.3. The molecule has 0 N–H and O–H groups in total. The average molecular weight is 849 g/mol. The summed E-state index contributed by atoms with van der Waals surface area (Å²) in [6.07, 6.45) is 0. The fraction of sp³-hybridized carbons (Fsp3) is 0. The Labute approximate surface area is 376 Å². The summed E-state index contributed by atoms with van der Waals surface area (Å²) < 4.78 is 15.6. The molecule has 3 aromatic heterocycles. The fourth-order valence-electron chi connectivity index (χ4n) is 9.55. The van der Waals surface area contributed by atoms with E-state index in [0.717, 1.165) is 99.5 Å². The molecule has 0 saturated heterocycles. The smallest absolute Gasteiger partial charge is 0.187 e. The van der Waals surface area contributed by atoms with Crippen molar-refractivity contribution in [2.75, 3.05) is 9.80 Å². The topological polar surface area (TPSA) is 60.9 Å². The largest absolute Gasteiger partial charge is 0.454 e. The van der Waals surface area contributed by atoms with Gasteiger partial charge in [0.25, 0.3) is 0 Å². The van der Waals surface area contributed by atoms with Crippen LogP contribution < -0.4 is 9.80 Å². The highest BCUT2D eigenvalue weighted by Gasteiger charge is 2.22. The number of benzene rings is 10. The highest BCUT2D eigenvalue weighted by molar-refractivity contribution is 7.26. The molecule has 0 radical (unpaired) electrons. The number of furan rings is 2. The van der Waals surface area contributed by atoms with Gasteiger partial charge in [-0.05, 0) is 131 Å². The molecule has 65 heavy (non-hydrogen) atoms. The molecule has 6 nitrogen and oxygen atoms in total. The van der Waals surface area contributed by atoms with Gasteiger partial charge in [-0.25, -0.2) is 4.85 Å². The predicted molar refractivity (Wildman–Crippen MR) is 269 cm³/mol. The maximum absolute atomic E-state index is 9.66. The van der Waals surface area contributed by atoms with E-state index in [1.165, 1.54) is 20.2 Å². The second-order valence-electron chi connectivity index (χ2n) is 16.3. The molecule has 302 valence electrons. The molecule has 0 unspecified atom stereocenters. The van der Waals surface area contributed by atoms with E-state index in [4.69, 9.17) is 15.4 Å². The zero-order valence-electron chi connectivity index (χ0n) is 34.5. The van der Waals surface area contributed by atoms with Gasteiger partial charge in [-0.1, -0.05) is 84.9 Å². The third-order valence-corrected chi connectivity index (χ3v) is 13.7. The van der Waals surface area contributed by atoms with Crippen molar-refractivity contribution in [1.82, 2.24) is 0 Å². The van der Waals surface area contributed by atoms with Gasteiger partial charge in [-0.3, -0.25) is 0 Å². The van der Waals surface area contributed by atoms with Crippen LogP contribution in [-0.2, 0) is 0 Å². The molecule has 0 spiro atoms. The summed E-state index contributed by atoms with van der Waals surface area (Å²) in [7, 11) is 0. The van der Waals surface area contributed by atoms with Crippen molar-refractivity contribution in [2.24, 2.45) is 0 Å². The van der Waals surface area contributed by atoms with E-state index >= 15 is 0 Å². The van der Waals surface area contributed by atoms with Gasteiger partial charge >= 0.3 is 0 Å². The monoisotopic (exact) mass is 848 g/mol. The minimum atomic E-state index is 0.589. The highest BCUT2D eigenvalue weighted by atomic mass is 32.1. The van der Waals surface area contributed by atoms with Crippen LogP contribution >= 0.6 is 11.3 Å². The molecule has 0 amide bonds. The number of rotatable bonds is 6. The van der Waals surface area contributed by atoms with Gasteiger partial charge in [0.15, 0.2) is 16.9 Å². The SMILES string of the molecule is [C-]#[N+]c1ccc(N(c2ccc3cc4sc5cc6ccc(N(c7ccc(C#N)cc7)c7cccc8c7oc7ccccc78)cc6cc5c4cc3c2)c2cccc3c2oc2ccccc23)cc1. The lowest BCUT2D eigenvalue weighted by Crippen LogP contribution is -2.10. The summed E-state index contributed by atoms with van der Waals surface area (Å²) in [5.74, 6) is 0. The van der Waals surface area contributed by atoms with Crippen LogP contribution in [0.4, 0.5) is 39.8 Å². The van der Waals surface area contributed by atoms with Crippen molar-refractivity contribution in [1.29, 1.82) is 5.26 Å². The van der Waals surface area contributed by atoms with Crippen LogP contribution in [0.2, 0.25) is 0 Å². The van der Waals surface area contributed by atoms with Crippen LogP contribution in [0.15, 0.2) is 203 Å². The number of thiophene rings is 1. The molecule has 0 saturated carbocycles. The normalized spacial score (nSPS) is 11.7. The van der Waals surface area contributed by atoms with E-state index in [0.29, 0.717) is 11.3 Å². The Morgan fingerprint density at radius 3 is 1.38 bits per heavy atom. The summed E-state index contributed by atoms with van der Waals surface area (Å²) in [5.41, 5.74) is 10.1. The van der Waals surface area contributed by atoms with Crippen molar-refractivity contribution >= 4 is 137 Å². The van der Waals surface area contributed by atoms with Gasteiger partial charge in [0.05, 0.1) is 29.6 Å². The summed E-state index contributed by atoms with van der Waals surface area (Å²) in [6.45, 7) is 7.60. The van der Waals surface area contributed by atoms with Crippen LogP contribution in [0.25, 0.3) is 90.4 Å². The average Bonchev–Trinajstić information content (AvgIpc) is 4.05. The molecule has 0 aliphatic carbocycles. The zero-order chi connectivity index (χ0) is 43.2. The van der Waals surface area contributed by atoms with Gasteiger partial charge < -0.3 is 18.6 Å². The molecule has 10 aromatic carbocycles. The molecule has 3 heterocycles. The predicted octanol–water partition coefficient (Wildman–Crippen LogP) is 17.5. The zero-order valence-corrected chi connectivity index (χ0v) is 35.3. The molecule has 0 fully saturated rings. The number of fused-ring (bicyclic) bond motifs is 11. The standard InChI is InChI=1S/C58H32N4O2S/c1-60-40-20-26-42(27-21-40)62(52-13-7-11-48-46-9-3-5-15-54(46)64-58(48)52)44-25-19-37-33-56-50(31-39(37)29-44)49-30-38-28-43(24-18-36(38)32-55(49)65-56)61(41-22-16-35(34-59)17-23-41)51-12-6-10-47-45-8-2-4-14-53(45)63-57(47)51/h2-33H. The molecule has 13 aromatic rings. The first-order valence-corrected chi connectivity index (χ1v) is 22.1. The lowest BCUT2D eigenvalue weighted by Gasteiger charge is -2.26. The van der Waals surface area contributed by atoms with Crippen molar-refractivity contribution in [3.63, 3.8) is 0 Å². The number of nitrogens with zero attached hydrogens (tertiary/aromatic N) is 4. The van der Waals surface area contributed by atoms with E-state index in [1.54, 1.807) is 0 Å². The Bertz CT molecular complexity index is 3900. The summed E-state index contributed by atoms with van der Waals surface area (Å²) in [5, 5.41) is 20.8. The molecule has 0 aliphatic rings. The van der Waals surface area contributed by atoms with Crippen molar-refractivity contribution in [3.05, 3.63) is 211 Å². The lowest BCUT2D eigenvalue weighted by molar-refractivity contribution is 0.668. The molecule has 0 aliphatic heterocycles. The number of hydrogen-bond donors (Lipinski definition) is 0. The highest BCUT2D eigenvalue weighted by Crippen LogP contribution is 2.47. The number of nitriles is 1. The van der Waals surface area contributed by atoms with Crippen LogP contribution in [0.3, 0.4) is 0 Å². The summed E-state index contributed by atoms with van der Waals surface area (Å²) >= 11 is 1.82. The fourth-order valence-corrected chi connectivity index (χ4v) is 10.7. The van der Waals surface area contributed by atoms with E-state index in [1.807, 2.05) is 96.3 Å². The molecule has 13 rings (SSSR count). The van der Waals surface area contributed by atoms with Crippen molar-refractivity contribution in [2.45, 2.75) is 0 Å². The summed E-state index contributed by atoms with van der Waals surface area (Å²) in [6, 6.07) is 69.2. The van der Waals surface area contributed by atoms with Gasteiger partial charge in [0.2, 0.25) is 0 Å². The lowest BCUT2D eigenvalue weighted by atomic mass is 10.0. The second-order valence-corrected chi connectivity index (χ2v) is 17.4. The van der Waals surface area contributed by atoms with E-state index in [-0.39, 0.29) is 0 Å². The van der Waals surface area contributed by atoms with Crippen LogP contribution in [-0.4, -0.2) is 0 Å². The molecule has 0 atom stereocenters. The first-order valence-electron chi connectivity index (χ1n) is 21.3. The first kappa shape index (κ1) is 36.7. The summed E-state index contributed by atoms with van der Waals surface area (Å²) in [4.78, 5) is 8.12. The van der Waals surface area contributed by atoms with Gasteiger partial charge in [-0.15, -0.1) is 11.3 Å². The first-order chi connectivity index (χ1) is 32.1. The van der Waals surface area contributed by atoms with E-state index in [2.05, 4.69) is 130 Å². The number of para-hydroxylation sites is 4. The minimum absolute atomic E-state index is 0.589. The van der Waals surface area contributed by atoms with Crippen molar-refractivity contribution in [3.8, 4) is 6.07 Å².